The third-order valence-corrected chi connectivity index (χ3v) is 3.02. The van der Waals surface area contributed by atoms with Gasteiger partial charge in [-0.3, -0.25) is 4.79 Å². The third-order valence-electron chi connectivity index (χ3n) is 3.02. The number of hydrogen-bond acceptors (Lipinski definition) is 3. The summed E-state index contributed by atoms with van der Waals surface area (Å²) in [6, 6.07) is 4.20. The van der Waals surface area contributed by atoms with Crippen LogP contribution in [0.3, 0.4) is 0 Å². The number of nitrogens with two attached hydrogens (primary N) is 1. The van der Waals surface area contributed by atoms with E-state index in [0.29, 0.717) is 24.5 Å². The molecular formula is C13H18ClFN2O2. The maximum absolute atomic E-state index is 13.2. The fourth-order valence-corrected chi connectivity index (χ4v) is 1.99. The summed E-state index contributed by atoms with van der Waals surface area (Å²) in [5.74, 6) is -0.276. The van der Waals surface area contributed by atoms with Gasteiger partial charge in [-0.05, 0) is 19.1 Å². The lowest BCUT2D eigenvalue weighted by Crippen LogP contribution is -2.45. The van der Waals surface area contributed by atoms with Crippen molar-refractivity contribution in [3.63, 3.8) is 0 Å². The van der Waals surface area contributed by atoms with Gasteiger partial charge < -0.3 is 15.4 Å². The number of carbonyl (C=O) groups excluding carboxylic acids is 1. The van der Waals surface area contributed by atoms with Crippen molar-refractivity contribution in [3.8, 4) is 5.75 Å². The van der Waals surface area contributed by atoms with Crippen molar-refractivity contribution < 1.29 is 13.9 Å². The van der Waals surface area contributed by atoms with Crippen LogP contribution in [0.2, 0.25) is 0 Å². The molecule has 19 heavy (non-hydrogen) atoms. The van der Waals surface area contributed by atoms with Crippen LogP contribution in [0.1, 0.15) is 13.8 Å². The first kappa shape index (κ1) is 15.7. The van der Waals surface area contributed by atoms with E-state index >= 15 is 0 Å². The van der Waals surface area contributed by atoms with E-state index in [4.69, 9.17) is 10.5 Å². The molecule has 2 N–H and O–H groups in total. The standard InChI is InChI=1S/C13H17FN2O2.ClH/c1-8(6-15)13(17)16-7-9(2)18-12-5-10(14)3-4-11(12)16;/h3-5,8-9H,6-7,15H2,1-2H3;1H. The second kappa shape index (κ2) is 6.21. The molecule has 106 valence electrons. The van der Waals surface area contributed by atoms with E-state index in [1.165, 1.54) is 12.1 Å². The van der Waals surface area contributed by atoms with Crippen LogP contribution in [0.4, 0.5) is 10.1 Å². The Hall–Kier alpha value is -1.33. The van der Waals surface area contributed by atoms with E-state index in [9.17, 15) is 9.18 Å². The molecule has 0 saturated carbocycles. The number of benzene rings is 1. The van der Waals surface area contributed by atoms with Crippen molar-refractivity contribution >= 4 is 24.0 Å². The largest absolute Gasteiger partial charge is 0.487 e. The van der Waals surface area contributed by atoms with Gasteiger partial charge in [0.15, 0.2) is 0 Å². The van der Waals surface area contributed by atoms with Gasteiger partial charge in [-0.25, -0.2) is 4.39 Å². The van der Waals surface area contributed by atoms with Gasteiger partial charge in [-0.15, -0.1) is 12.4 Å². The third kappa shape index (κ3) is 3.16. The molecule has 1 amide bonds. The smallest absolute Gasteiger partial charge is 0.231 e. The molecule has 0 bridgehead atoms. The van der Waals surface area contributed by atoms with Crippen LogP contribution >= 0.6 is 12.4 Å². The minimum absolute atomic E-state index is 0. The van der Waals surface area contributed by atoms with Crippen molar-refractivity contribution in [2.75, 3.05) is 18.0 Å². The highest BCUT2D eigenvalue weighted by Gasteiger charge is 2.29. The highest BCUT2D eigenvalue weighted by atomic mass is 35.5. The Morgan fingerprint density at radius 3 is 2.95 bits per heavy atom. The molecular weight excluding hydrogens is 271 g/mol. The lowest BCUT2D eigenvalue weighted by atomic mass is 10.1. The van der Waals surface area contributed by atoms with Crippen LogP contribution in [0.15, 0.2) is 18.2 Å². The van der Waals surface area contributed by atoms with Crippen molar-refractivity contribution in [1.82, 2.24) is 0 Å². The van der Waals surface area contributed by atoms with Crippen molar-refractivity contribution in [3.05, 3.63) is 24.0 Å². The summed E-state index contributed by atoms with van der Waals surface area (Å²) in [6.07, 6.45) is -0.159. The first-order valence-electron chi connectivity index (χ1n) is 6.00. The molecule has 2 atom stereocenters. The molecule has 6 heteroatoms. The van der Waals surface area contributed by atoms with E-state index < -0.39 is 0 Å². The second-order valence-corrected chi connectivity index (χ2v) is 4.63. The number of ether oxygens (including phenoxy) is 1. The minimum atomic E-state index is -0.373. The number of rotatable bonds is 2. The number of hydrogen-bond donors (Lipinski definition) is 1. The zero-order valence-corrected chi connectivity index (χ0v) is 11.7. The van der Waals surface area contributed by atoms with Crippen molar-refractivity contribution in [2.45, 2.75) is 20.0 Å². The maximum Gasteiger partial charge on any atom is 0.231 e. The second-order valence-electron chi connectivity index (χ2n) is 4.63. The van der Waals surface area contributed by atoms with Gasteiger partial charge in [0.25, 0.3) is 0 Å². The summed E-state index contributed by atoms with van der Waals surface area (Å²) in [5.41, 5.74) is 6.13. The fraction of sp³-hybridized carbons (Fsp3) is 0.462. The normalized spacial score (nSPS) is 18.9. The maximum atomic E-state index is 13.2. The predicted octanol–water partition coefficient (Wildman–Crippen LogP) is 1.96. The Balaban J connectivity index is 0.00000180. The molecule has 0 aromatic heterocycles. The zero-order chi connectivity index (χ0) is 13.3. The summed E-state index contributed by atoms with van der Waals surface area (Å²) in [7, 11) is 0. The molecule has 4 nitrogen and oxygen atoms in total. The highest BCUT2D eigenvalue weighted by molar-refractivity contribution is 5.96. The highest BCUT2D eigenvalue weighted by Crippen LogP contribution is 2.34. The van der Waals surface area contributed by atoms with E-state index in [1.54, 1.807) is 17.9 Å². The van der Waals surface area contributed by atoms with E-state index in [2.05, 4.69) is 0 Å². The van der Waals surface area contributed by atoms with Crippen LogP contribution in [-0.4, -0.2) is 25.1 Å². The van der Waals surface area contributed by atoms with Gasteiger partial charge >= 0.3 is 0 Å². The number of fused-ring (bicyclic) bond motifs is 1. The lowest BCUT2D eigenvalue weighted by molar-refractivity contribution is -0.122. The van der Waals surface area contributed by atoms with Gasteiger partial charge in [0, 0.05) is 18.5 Å². The van der Waals surface area contributed by atoms with Crippen LogP contribution in [-0.2, 0) is 4.79 Å². The van der Waals surface area contributed by atoms with Gasteiger partial charge in [-0.2, -0.15) is 0 Å². The first-order valence-corrected chi connectivity index (χ1v) is 6.00. The minimum Gasteiger partial charge on any atom is -0.487 e. The predicted molar refractivity (Wildman–Crippen MR) is 74.3 cm³/mol. The number of carbonyl (C=O) groups is 1. The molecule has 0 aliphatic carbocycles. The number of anilines is 1. The number of amides is 1. The quantitative estimate of drug-likeness (QED) is 0.905. The molecule has 0 fully saturated rings. The van der Waals surface area contributed by atoms with Crippen molar-refractivity contribution in [2.24, 2.45) is 11.7 Å². The summed E-state index contributed by atoms with van der Waals surface area (Å²) < 4.78 is 18.7. The summed E-state index contributed by atoms with van der Waals surface area (Å²) in [6.45, 7) is 4.38. The van der Waals surface area contributed by atoms with Gasteiger partial charge in [0.2, 0.25) is 5.91 Å². The van der Waals surface area contributed by atoms with Crippen LogP contribution in [0.5, 0.6) is 5.75 Å². The zero-order valence-electron chi connectivity index (χ0n) is 10.9. The Morgan fingerprint density at radius 2 is 2.32 bits per heavy atom. The molecule has 1 aliphatic heterocycles. The molecule has 2 unspecified atom stereocenters. The van der Waals surface area contributed by atoms with E-state index in [1.807, 2.05) is 6.92 Å². The average molecular weight is 289 g/mol. The van der Waals surface area contributed by atoms with Crippen molar-refractivity contribution in [1.29, 1.82) is 0 Å². The molecule has 1 aliphatic rings. The van der Waals surface area contributed by atoms with Gasteiger partial charge in [0.05, 0.1) is 12.2 Å². The average Bonchev–Trinajstić information content (AvgIpc) is 2.35. The van der Waals surface area contributed by atoms with Crippen LogP contribution in [0, 0.1) is 11.7 Å². The molecule has 2 rings (SSSR count). The SMILES string of the molecule is CC1CN(C(=O)C(C)CN)c2ccc(F)cc2O1.Cl. The Kier molecular flexibility index (Phi) is 5.14. The first-order chi connectivity index (χ1) is 8.52. The lowest BCUT2D eigenvalue weighted by Gasteiger charge is -2.34. The Bertz CT molecular complexity index is 470. The molecule has 1 aromatic rings. The number of halogens is 2. The molecule has 0 radical (unpaired) electrons. The van der Waals surface area contributed by atoms with Crippen LogP contribution < -0.4 is 15.4 Å². The monoisotopic (exact) mass is 288 g/mol. The van der Waals surface area contributed by atoms with E-state index in [0.717, 1.165) is 0 Å². The molecule has 0 spiro atoms. The summed E-state index contributed by atoms with van der Waals surface area (Å²) in [5, 5.41) is 0. The molecule has 1 heterocycles. The number of nitrogens with zero attached hydrogens (tertiary/aromatic N) is 1. The van der Waals surface area contributed by atoms with Gasteiger partial charge in [-0.1, -0.05) is 6.92 Å². The van der Waals surface area contributed by atoms with Gasteiger partial charge in [0.1, 0.15) is 17.7 Å². The molecule has 1 aromatic carbocycles. The molecule has 0 saturated heterocycles. The Morgan fingerprint density at radius 1 is 1.63 bits per heavy atom. The van der Waals surface area contributed by atoms with E-state index in [-0.39, 0.29) is 36.2 Å². The summed E-state index contributed by atoms with van der Waals surface area (Å²) >= 11 is 0. The Labute approximate surface area is 118 Å². The topological polar surface area (TPSA) is 55.6 Å². The summed E-state index contributed by atoms with van der Waals surface area (Å²) in [4.78, 5) is 13.8. The van der Waals surface area contributed by atoms with Crippen LogP contribution in [0.25, 0.3) is 0 Å². The fourth-order valence-electron chi connectivity index (χ4n) is 1.99.